The first-order valence-electron chi connectivity index (χ1n) is 5.78. The van der Waals surface area contributed by atoms with Gasteiger partial charge in [-0.05, 0) is 41.0 Å². The van der Waals surface area contributed by atoms with Crippen molar-refractivity contribution in [2.24, 2.45) is 0 Å². The van der Waals surface area contributed by atoms with Crippen molar-refractivity contribution in [3.05, 3.63) is 27.4 Å². The average molecular weight is 372 g/mol. The second-order valence-electron chi connectivity index (χ2n) is 4.21. The predicted molar refractivity (Wildman–Crippen MR) is 75.4 cm³/mol. The molecule has 1 aromatic carbocycles. The van der Waals surface area contributed by atoms with Crippen molar-refractivity contribution in [3.8, 4) is 0 Å². The molecular weight excluding hydrogens is 359 g/mol. The number of rotatable bonds is 2. The first kappa shape index (κ1) is 15.2. The Morgan fingerprint density at radius 3 is 2.74 bits per heavy atom. The Balaban J connectivity index is 2.44. The van der Waals surface area contributed by atoms with Gasteiger partial charge < -0.3 is 5.32 Å². The van der Waals surface area contributed by atoms with Crippen molar-refractivity contribution in [1.29, 1.82) is 0 Å². The smallest absolute Gasteiger partial charge is 0.245 e. The van der Waals surface area contributed by atoms with E-state index in [1.165, 1.54) is 4.31 Å². The number of hydrogen-bond donors (Lipinski definition) is 1. The molecule has 8 heteroatoms. The van der Waals surface area contributed by atoms with Gasteiger partial charge in [-0.2, -0.15) is 4.31 Å². The van der Waals surface area contributed by atoms with Crippen LogP contribution in [0.2, 0.25) is 5.02 Å². The third kappa shape index (κ3) is 3.28. The van der Waals surface area contributed by atoms with E-state index in [0.717, 1.165) is 25.1 Å². The van der Waals surface area contributed by atoms with Crippen LogP contribution in [0.4, 0.5) is 4.39 Å². The highest BCUT2D eigenvalue weighted by Crippen LogP contribution is 2.33. The Bertz CT molecular complexity index is 551. The lowest BCUT2D eigenvalue weighted by Crippen LogP contribution is -2.34. The molecule has 0 aromatic heterocycles. The van der Waals surface area contributed by atoms with Gasteiger partial charge in [-0.15, -0.1) is 0 Å². The maximum atomic E-state index is 13.2. The Morgan fingerprint density at radius 2 is 2.05 bits per heavy atom. The zero-order valence-electron chi connectivity index (χ0n) is 10.00. The van der Waals surface area contributed by atoms with Gasteiger partial charge in [0.15, 0.2) is 0 Å². The standard InChI is InChI=1S/C11H13BrClFN2O2S/c12-9-6-8(14)7-10(13)11(9)19(17,18)16-4-1-2-15-3-5-16/h6-7,15H,1-5H2. The fourth-order valence-corrected chi connectivity index (χ4v) is 5.19. The third-order valence-electron chi connectivity index (χ3n) is 2.86. The second kappa shape index (κ2) is 6.05. The lowest BCUT2D eigenvalue weighted by molar-refractivity contribution is 0.431. The van der Waals surface area contributed by atoms with Crippen LogP contribution < -0.4 is 5.32 Å². The van der Waals surface area contributed by atoms with E-state index < -0.39 is 15.8 Å². The molecule has 4 nitrogen and oxygen atoms in total. The van der Waals surface area contributed by atoms with Crippen LogP contribution in [-0.4, -0.2) is 38.9 Å². The molecule has 1 heterocycles. The van der Waals surface area contributed by atoms with Crippen LogP contribution in [0, 0.1) is 5.82 Å². The van der Waals surface area contributed by atoms with Crippen molar-refractivity contribution < 1.29 is 12.8 Å². The van der Waals surface area contributed by atoms with Crippen LogP contribution in [0.3, 0.4) is 0 Å². The summed E-state index contributed by atoms with van der Waals surface area (Å²) in [6.45, 7) is 2.18. The molecule has 0 atom stereocenters. The van der Waals surface area contributed by atoms with E-state index in [-0.39, 0.29) is 14.4 Å². The molecule has 1 aromatic rings. The highest BCUT2D eigenvalue weighted by molar-refractivity contribution is 9.10. The first-order valence-corrected chi connectivity index (χ1v) is 8.39. The molecule has 0 aliphatic carbocycles. The summed E-state index contributed by atoms with van der Waals surface area (Å²) in [5.74, 6) is -0.576. The molecule has 106 valence electrons. The summed E-state index contributed by atoms with van der Waals surface area (Å²) in [5, 5.41) is 3.02. The zero-order valence-corrected chi connectivity index (χ0v) is 13.2. The molecule has 0 spiro atoms. The quantitative estimate of drug-likeness (QED) is 0.867. The molecule has 19 heavy (non-hydrogen) atoms. The van der Waals surface area contributed by atoms with Crippen molar-refractivity contribution in [2.45, 2.75) is 11.3 Å². The summed E-state index contributed by atoms with van der Waals surface area (Å²) < 4.78 is 39.8. The number of hydrogen-bond acceptors (Lipinski definition) is 3. The van der Waals surface area contributed by atoms with Crippen molar-refractivity contribution in [2.75, 3.05) is 26.2 Å². The van der Waals surface area contributed by atoms with E-state index in [1.54, 1.807) is 0 Å². The highest BCUT2D eigenvalue weighted by atomic mass is 79.9. The van der Waals surface area contributed by atoms with Crippen LogP contribution in [0.25, 0.3) is 0 Å². The molecule has 0 amide bonds. The Hall–Kier alpha value is -0.210. The largest absolute Gasteiger partial charge is 0.315 e. The van der Waals surface area contributed by atoms with Gasteiger partial charge in [0.1, 0.15) is 10.7 Å². The van der Waals surface area contributed by atoms with Gasteiger partial charge in [0, 0.05) is 24.1 Å². The van der Waals surface area contributed by atoms with Gasteiger partial charge in [0.25, 0.3) is 0 Å². The normalized spacial score (nSPS) is 18.3. The lowest BCUT2D eigenvalue weighted by Gasteiger charge is -2.21. The van der Waals surface area contributed by atoms with Crippen LogP contribution in [-0.2, 0) is 10.0 Å². The van der Waals surface area contributed by atoms with E-state index in [2.05, 4.69) is 21.2 Å². The van der Waals surface area contributed by atoms with Crippen LogP contribution in [0.1, 0.15) is 6.42 Å². The Labute approximate surface area is 125 Å². The predicted octanol–water partition coefficient (Wildman–Crippen LogP) is 2.23. The van der Waals surface area contributed by atoms with E-state index in [4.69, 9.17) is 11.6 Å². The number of benzene rings is 1. The minimum Gasteiger partial charge on any atom is -0.315 e. The summed E-state index contributed by atoms with van der Waals surface area (Å²) in [6.07, 6.45) is 0.732. The molecule has 1 aliphatic rings. The summed E-state index contributed by atoms with van der Waals surface area (Å²) in [5.41, 5.74) is 0. The zero-order chi connectivity index (χ0) is 14.0. The molecule has 1 fully saturated rings. The Morgan fingerprint density at radius 1 is 1.32 bits per heavy atom. The number of halogens is 3. The third-order valence-corrected chi connectivity index (χ3v) is 6.16. The number of nitrogens with one attached hydrogen (secondary N) is 1. The van der Waals surface area contributed by atoms with Gasteiger partial charge in [-0.1, -0.05) is 11.6 Å². The van der Waals surface area contributed by atoms with E-state index >= 15 is 0 Å². The second-order valence-corrected chi connectivity index (χ2v) is 7.34. The fraction of sp³-hybridized carbons (Fsp3) is 0.455. The number of sulfonamides is 1. The first-order chi connectivity index (χ1) is 8.93. The van der Waals surface area contributed by atoms with Crippen LogP contribution >= 0.6 is 27.5 Å². The fourth-order valence-electron chi connectivity index (χ4n) is 1.97. The number of nitrogens with zero attached hydrogens (tertiary/aromatic N) is 1. The molecule has 1 aliphatic heterocycles. The SMILES string of the molecule is O=S(=O)(c1c(Cl)cc(F)cc1Br)N1CCCNCC1. The van der Waals surface area contributed by atoms with Gasteiger partial charge in [0.2, 0.25) is 10.0 Å². The minimum atomic E-state index is -3.72. The van der Waals surface area contributed by atoms with Crippen molar-refractivity contribution in [1.82, 2.24) is 9.62 Å². The molecular formula is C11H13BrClFN2O2S. The topological polar surface area (TPSA) is 49.4 Å². The molecule has 0 unspecified atom stereocenters. The summed E-state index contributed by atoms with van der Waals surface area (Å²) in [4.78, 5) is -0.0718. The minimum absolute atomic E-state index is 0.0718. The molecule has 0 radical (unpaired) electrons. The highest BCUT2D eigenvalue weighted by Gasteiger charge is 2.29. The van der Waals surface area contributed by atoms with Crippen molar-refractivity contribution >= 4 is 37.6 Å². The van der Waals surface area contributed by atoms with Crippen LogP contribution in [0.15, 0.2) is 21.5 Å². The summed E-state index contributed by atoms with van der Waals surface area (Å²) in [6, 6.07) is 2.12. The summed E-state index contributed by atoms with van der Waals surface area (Å²) in [7, 11) is -3.72. The maximum Gasteiger partial charge on any atom is 0.245 e. The van der Waals surface area contributed by atoms with E-state index in [0.29, 0.717) is 19.6 Å². The average Bonchev–Trinajstić information content (AvgIpc) is 2.55. The van der Waals surface area contributed by atoms with E-state index in [1.807, 2.05) is 0 Å². The molecule has 0 saturated carbocycles. The van der Waals surface area contributed by atoms with Crippen LogP contribution in [0.5, 0.6) is 0 Å². The van der Waals surface area contributed by atoms with Crippen molar-refractivity contribution in [3.63, 3.8) is 0 Å². The van der Waals surface area contributed by atoms with Gasteiger partial charge in [-0.25, -0.2) is 12.8 Å². The molecule has 2 rings (SSSR count). The van der Waals surface area contributed by atoms with Gasteiger partial charge >= 0.3 is 0 Å². The molecule has 1 N–H and O–H groups in total. The Kier molecular flexibility index (Phi) is 4.84. The molecule has 1 saturated heterocycles. The van der Waals surface area contributed by atoms with Gasteiger partial charge in [-0.3, -0.25) is 0 Å². The summed E-state index contributed by atoms with van der Waals surface area (Å²) >= 11 is 8.96. The maximum absolute atomic E-state index is 13.2. The van der Waals surface area contributed by atoms with Gasteiger partial charge in [0.05, 0.1) is 5.02 Å². The van der Waals surface area contributed by atoms with E-state index in [9.17, 15) is 12.8 Å². The lowest BCUT2D eigenvalue weighted by atomic mass is 10.3. The molecule has 0 bridgehead atoms. The monoisotopic (exact) mass is 370 g/mol.